The molecule has 0 bridgehead atoms. The number of nitrogens with one attached hydrogen (secondary N) is 3. The highest BCUT2D eigenvalue weighted by molar-refractivity contribution is 14.1. The Hall–Kier alpha value is -2.17. The highest BCUT2D eigenvalue weighted by Crippen LogP contribution is 2.23. The van der Waals surface area contributed by atoms with Crippen molar-refractivity contribution in [3.63, 3.8) is 0 Å². The molecule has 1 aromatic carbocycles. The van der Waals surface area contributed by atoms with Crippen LogP contribution in [0.15, 0.2) is 28.7 Å². The van der Waals surface area contributed by atoms with E-state index in [1.807, 2.05) is 24.3 Å². The van der Waals surface area contributed by atoms with Crippen molar-refractivity contribution in [3.05, 3.63) is 33.7 Å². The first-order valence-corrected chi connectivity index (χ1v) is 8.02. The summed E-state index contributed by atoms with van der Waals surface area (Å²) in [6.45, 7) is 0. The van der Waals surface area contributed by atoms with Crippen LogP contribution in [0.5, 0.6) is 0 Å². The summed E-state index contributed by atoms with van der Waals surface area (Å²) in [7, 11) is 1.46. The first-order chi connectivity index (χ1) is 11.1. The monoisotopic (exact) mass is 429 g/mol. The fraction of sp³-hybridized carbons (Fsp3) is 0.286. The Morgan fingerprint density at radius 1 is 1.22 bits per heavy atom. The third-order valence-corrected chi connectivity index (χ3v) is 3.85. The summed E-state index contributed by atoms with van der Waals surface area (Å²) in [5.74, 6) is 0.661. The largest absolute Gasteiger partial charge is 0.421 e. The maximum Gasteiger partial charge on any atom is 0.333 e. The molecular weight excluding hydrogens is 413 g/mol. The van der Waals surface area contributed by atoms with Crippen LogP contribution < -0.4 is 16.2 Å². The Morgan fingerprint density at radius 2 is 2.00 bits per heavy atom. The van der Waals surface area contributed by atoms with Crippen molar-refractivity contribution < 1.29 is 14.0 Å². The minimum Gasteiger partial charge on any atom is -0.421 e. The Balaban J connectivity index is 1.80. The number of hydrazine groups is 1. The van der Waals surface area contributed by atoms with E-state index in [-0.39, 0.29) is 12.3 Å². The number of carbonyl (C=O) groups excluding carboxylic acids is 2. The van der Waals surface area contributed by atoms with Crippen LogP contribution in [0, 0.1) is 3.57 Å². The summed E-state index contributed by atoms with van der Waals surface area (Å²) in [5, 5.41) is 10.3. The van der Waals surface area contributed by atoms with Crippen molar-refractivity contribution >= 4 is 34.5 Å². The van der Waals surface area contributed by atoms with E-state index in [1.165, 1.54) is 7.05 Å². The molecule has 2 aromatic rings. The van der Waals surface area contributed by atoms with Gasteiger partial charge in [0.1, 0.15) is 0 Å². The molecular formula is C14H16IN5O3. The number of urea groups is 1. The van der Waals surface area contributed by atoms with Crippen molar-refractivity contribution in [2.24, 2.45) is 0 Å². The number of amides is 3. The van der Waals surface area contributed by atoms with Crippen molar-refractivity contribution in [2.75, 3.05) is 7.05 Å². The second kappa shape index (κ2) is 8.46. The highest BCUT2D eigenvalue weighted by atomic mass is 127. The van der Waals surface area contributed by atoms with Crippen LogP contribution in [0.1, 0.15) is 18.7 Å². The lowest BCUT2D eigenvalue weighted by Gasteiger charge is -2.05. The second-order valence-electron chi connectivity index (χ2n) is 4.59. The van der Waals surface area contributed by atoms with Gasteiger partial charge in [0.15, 0.2) is 0 Å². The van der Waals surface area contributed by atoms with Gasteiger partial charge in [0.2, 0.25) is 17.7 Å². The zero-order chi connectivity index (χ0) is 16.7. The molecule has 1 heterocycles. The van der Waals surface area contributed by atoms with E-state index in [2.05, 4.69) is 49.0 Å². The Bertz CT molecular complexity index is 689. The fourth-order valence-corrected chi connectivity index (χ4v) is 2.37. The highest BCUT2D eigenvalue weighted by Gasteiger charge is 2.11. The van der Waals surface area contributed by atoms with E-state index in [9.17, 15) is 9.59 Å². The van der Waals surface area contributed by atoms with Gasteiger partial charge < -0.3 is 9.73 Å². The van der Waals surface area contributed by atoms with Crippen LogP contribution in [0.25, 0.3) is 11.5 Å². The number of halogens is 1. The molecule has 122 valence electrons. The summed E-state index contributed by atoms with van der Waals surface area (Å²) >= 11 is 2.21. The molecule has 0 unspecified atom stereocenters. The van der Waals surface area contributed by atoms with Gasteiger partial charge in [-0.1, -0.05) is 12.1 Å². The predicted molar refractivity (Wildman–Crippen MR) is 91.1 cm³/mol. The summed E-state index contributed by atoms with van der Waals surface area (Å²) in [5.41, 5.74) is 5.39. The molecule has 0 saturated heterocycles. The zero-order valence-electron chi connectivity index (χ0n) is 12.4. The summed E-state index contributed by atoms with van der Waals surface area (Å²) in [6.07, 6.45) is 1.27. The molecule has 2 rings (SSSR count). The van der Waals surface area contributed by atoms with Gasteiger partial charge in [-0.05, 0) is 41.1 Å². The van der Waals surface area contributed by atoms with Crippen molar-refractivity contribution in [1.29, 1.82) is 0 Å². The van der Waals surface area contributed by atoms with E-state index in [0.29, 0.717) is 24.6 Å². The van der Waals surface area contributed by atoms with E-state index in [4.69, 9.17) is 4.42 Å². The molecule has 0 aliphatic rings. The molecule has 3 amide bonds. The number of aryl methyl sites for hydroxylation is 1. The van der Waals surface area contributed by atoms with Crippen LogP contribution in [0.4, 0.5) is 4.79 Å². The lowest BCUT2D eigenvalue weighted by atomic mass is 10.2. The zero-order valence-corrected chi connectivity index (χ0v) is 14.6. The lowest BCUT2D eigenvalue weighted by molar-refractivity contribution is -0.121. The van der Waals surface area contributed by atoms with Crippen LogP contribution >= 0.6 is 22.6 Å². The van der Waals surface area contributed by atoms with Gasteiger partial charge in [-0.25, -0.2) is 10.2 Å². The third-order valence-electron chi connectivity index (χ3n) is 2.91. The fourth-order valence-electron chi connectivity index (χ4n) is 1.75. The average molecular weight is 429 g/mol. The smallest absolute Gasteiger partial charge is 0.333 e. The maximum absolute atomic E-state index is 11.5. The van der Waals surface area contributed by atoms with Gasteiger partial charge in [0.25, 0.3) is 0 Å². The Labute approximate surface area is 146 Å². The normalized spacial score (nSPS) is 10.2. The lowest BCUT2D eigenvalue weighted by Crippen LogP contribution is -2.45. The van der Waals surface area contributed by atoms with Gasteiger partial charge in [-0.2, -0.15) is 0 Å². The van der Waals surface area contributed by atoms with E-state index in [1.54, 1.807) is 0 Å². The molecule has 0 fully saturated rings. The van der Waals surface area contributed by atoms with Crippen LogP contribution in [0.2, 0.25) is 0 Å². The summed E-state index contributed by atoms with van der Waals surface area (Å²) in [4.78, 5) is 22.4. The topological polar surface area (TPSA) is 109 Å². The molecule has 0 atom stereocenters. The molecule has 0 aliphatic carbocycles. The molecule has 3 N–H and O–H groups in total. The molecule has 0 spiro atoms. The molecule has 0 radical (unpaired) electrons. The number of nitrogens with zero attached hydrogens (tertiary/aromatic N) is 2. The van der Waals surface area contributed by atoms with Gasteiger partial charge >= 0.3 is 6.03 Å². The van der Waals surface area contributed by atoms with Crippen molar-refractivity contribution in [1.82, 2.24) is 26.4 Å². The number of aromatic nitrogens is 2. The summed E-state index contributed by atoms with van der Waals surface area (Å²) < 4.78 is 6.64. The van der Waals surface area contributed by atoms with Gasteiger partial charge in [-0.15, -0.1) is 10.2 Å². The SMILES string of the molecule is CNC(=O)NNC(=O)CCCc1nnc(-c2ccccc2I)o1. The molecule has 0 aliphatic heterocycles. The van der Waals surface area contributed by atoms with Crippen LogP contribution in [-0.4, -0.2) is 29.2 Å². The number of benzene rings is 1. The molecule has 9 heteroatoms. The number of hydrogen-bond acceptors (Lipinski definition) is 5. The summed E-state index contributed by atoms with van der Waals surface area (Å²) in [6, 6.07) is 7.25. The van der Waals surface area contributed by atoms with E-state index < -0.39 is 6.03 Å². The van der Waals surface area contributed by atoms with Crippen molar-refractivity contribution in [2.45, 2.75) is 19.3 Å². The quantitative estimate of drug-likeness (QED) is 0.495. The van der Waals surface area contributed by atoms with Crippen molar-refractivity contribution in [3.8, 4) is 11.5 Å². The maximum atomic E-state index is 11.5. The van der Waals surface area contributed by atoms with Crippen LogP contribution in [0.3, 0.4) is 0 Å². The van der Waals surface area contributed by atoms with Gasteiger partial charge in [0.05, 0.1) is 5.56 Å². The molecule has 23 heavy (non-hydrogen) atoms. The third kappa shape index (κ3) is 5.20. The number of hydrogen-bond donors (Lipinski definition) is 3. The number of rotatable bonds is 5. The minimum absolute atomic E-state index is 0.241. The molecule has 1 aromatic heterocycles. The predicted octanol–water partition coefficient (Wildman–Crippen LogP) is 1.62. The molecule has 0 saturated carbocycles. The standard InChI is InChI=1S/C14H16IN5O3/c1-16-14(22)20-17-11(21)7-4-8-12-18-19-13(23-12)9-5-2-3-6-10(9)15/h2-3,5-6H,4,7-8H2,1H3,(H,17,21)(H2,16,20,22). The second-order valence-corrected chi connectivity index (χ2v) is 5.75. The van der Waals surface area contributed by atoms with Crippen LogP contribution in [-0.2, 0) is 11.2 Å². The van der Waals surface area contributed by atoms with Gasteiger partial charge in [-0.3, -0.25) is 10.2 Å². The molecule has 8 nitrogen and oxygen atoms in total. The average Bonchev–Trinajstić information content (AvgIpc) is 3.01. The first kappa shape index (κ1) is 17.2. The Morgan fingerprint density at radius 3 is 2.74 bits per heavy atom. The minimum atomic E-state index is -0.475. The van der Waals surface area contributed by atoms with Gasteiger partial charge in [0, 0.05) is 23.5 Å². The van der Waals surface area contributed by atoms with E-state index >= 15 is 0 Å². The first-order valence-electron chi connectivity index (χ1n) is 6.94. The Kier molecular flexibility index (Phi) is 6.32. The number of carbonyl (C=O) groups is 2. The van der Waals surface area contributed by atoms with E-state index in [0.717, 1.165) is 9.13 Å².